The summed E-state index contributed by atoms with van der Waals surface area (Å²) in [6.07, 6.45) is 0. The van der Waals surface area contributed by atoms with Gasteiger partial charge in [0.05, 0.1) is 29.2 Å². The molecular weight excluding hydrogens is 432 g/mol. The molecule has 0 aliphatic rings. The zero-order valence-electron chi connectivity index (χ0n) is 18.0. The van der Waals surface area contributed by atoms with Gasteiger partial charge in [0.2, 0.25) is 11.9 Å². The Labute approximate surface area is 192 Å². The lowest BCUT2D eigenvalue weighted by Crippen LogP contribution is -2.18. The van der Waals surface area contributed by atoms with Crippen LogP contribution in [0, 0.1) is 0 Å². The fraction of sp³-hybridized carbons (Fsp3) is 0.0400. The topological polar surface area (TPSA) is 113 Å². The molecule has 3 aromatic heterocycles. The molecule has 0 radical (unpaired) electrons. The van der Waals surface area contributed by atoms with Crippen LogP contribution in [0.1, 0.15) is 0 Å². The average Bonchev–Trinajstić information content (AvgIpc) is 3.48. The highest BCUT2D eigenvalue weighted by atomic mass is 16.5. The van der Waals surface area contributed by atoms with Crippen LogP contribution >= 0.6 is 0 Å². The van der Waals surface area contributed by atoms with Crippen molar-refractivity contribution in [2.75, 3.05) is 12.0 Å². The summed E-state index contributed by atoms with van der Waals surface area (Å²) in [5, 5.41) is 0. The predicted molar refractivity (Wildman–Crippen MR) is 129 cm³/mol. The average molecular weight is 450 g/mol. The van der Waals surface area contributed by atoms with Gasteiger partial charge < -0.3 is 19.1 Å². The van der Waals surface area contributed by atoms with Crippen LogP contribution < -0.4 is 15.2 Å². The van der Waals surface area contributed by atoms with Gasteiger partial charge >= 0.3 is 6.01 Å². The van der Waals surface area contributed by atoms with Crippen molar-refractivity contribution >= 4 is 40.0 Å². The molecule has 0 aliphatic carbocycles. The lowest BCUT2D eigenvalue weighted by molar-refractivity contribution is 0.415. The number of H-pyrrole nitrogens is 2. The van der Waals surface area contributed by atoms with Crippen LogP contribution in [-0.2, 0) is 0 Å². The third-order valence-electron chi connectivity index (χ3n) is 5.40. The van der Waals surface area contributed by atoms with Gasteiger partial charge in [-0.15, -0.1) is 0 Å². The van der Waals surface area contributed by atoms with Crippen LogP contribution in [0.4, 0.5) is 17.9 Å². The number of nitrogens with zero attached hydrogens (tertiary/aromatic N) is 4. The summed E-state index contributed by atoms with van der Waals surface area (Å²) in [6.45, 7) is 0. The Morgan fingerprint density at radius 3 is 1.94 bits per heavy atom. The fourth-order valence-electron chi connectivity index (χ4n) is 3.75. The van der Waals surface area contributed by atoms with Crippen LogP contribution in [-0.4, -0.2) is 32.0 Å². The van der Waals surface area contributed by atoms with Crippen LogP contribution in [0.15, 0.2) is 88.1 Å². The van der Waals surface area contributed by atoms with Crippen LogP contribution in [0.2, 0.25) is 0 Å². The van der Waals surface area contributed by atoms with Gasteiger partial charge in [-0.05, 0) is 48.5 Å². The third-order valence-corrected chi connectivity index (χ3v) is 5.40. The van der Waals surface area contributed by atoms with Gasteiger partial charge in [-0.2, -0.15) is 4.98 Å². The lowest BCUT2D eigenvalue weighted by Gasteiger charge is -2.16. The number of nitrogens with one attached hydrogen (secondary N) is 2. The quantitative estimate of drug-likeness (QED) is 0.383. The Bertz CT molecular complexity index is 1540. The largest absolute Gasteiger partial charge is 0.497 e. The van der Waals surface area contributed by atoms with Crippen molar-refractivity contribution in [2.45, 2.75) is 0 Å². The highest BCUT2D eigenvalue weighted by Gasteiger charge is 2.24. The number of hydrogen-bond acceptors (Lipinski definition) is 7. The number of hydrogen-bond donors (Lipinski definition) is 2. The van der Waals surface area contributed by atoms with Crippen molar-refractivity contribution < 1.29 is 9.15 Å². The van der Waals surface area contributed by atoms with Crippen molar-refractivity contribution in [3.8, 4) is 17.1 Å². The second kappa shape index (κ2) is 7.89. The van der Waals surface area contributed by atoms with Crippen molar-refractivity contribution in [3.05, 3.63) is 89.2 Å². The summed E-state index contributed by atoms with van der Waals surface area (Å²) in [5.74, 6) is 1.87. The summed E-state index contributed by atoms with van der Waals surface area (Å²) >= 11 is 0. The molecule has 0 saturated heterocycles. The third kappa shape index (κ3) is 3.45. The van der Waals surface area contributed by atoms with Crippen molar-refractivity contribution in [1.29, 1.82) is 0 Å². The molecule has 0 amide bonds. The van der Waals surface area contributed by atoms with E-state index in [2.05, 4.69) is 24.9 Å². The molecular formula is C25H18N6O3. The van der Waals surface area contributed by atoms with Gasteiger partial charge in [0.25, 0.3) is 5.56 Å². The Morgan fingerprint density at radius 1 is 0.794 bits per heavy atom. The molecule has 3 heterocycles. The van der Waals surface area contributed by atoms with E-state index in [1.165, 1.54) is 6.07 Å². The first-order valence-corrected chi connectivity index (χ1v) is 10.5. The maximum Gasteiger partial charge on any atom is 0.315 e. The molecule has 6 aromatic rings. The Balaban J connectivity index is 1.55. The van der Waals surface area contributed by atoms with E-state index in [1.54, 1.807) is 24.1 Å². The Morgan fingerprint density at radius 2 is 1.38 bits per heavy atom. The maximum absolute atomic E-state index is 12.6. The van der Waals surface area contributed by atoms with Crippen molar-refractivity contribution in [1.82, 2.24) is 24.9 Å². The van der Waals surface area contributed by atoms with Gasteiger partial charge in [-0.25, -0.2) is 14.9 Å². The molecule has 0 unspecified atom stereocenters. The standard InChI is InChI=1S/C25H18N6O3/c1-33-16-12-10-15(11-13-16)21-14-22(32)30-25(34-21)31(23-26-17-6-2-3-7-18(17)27-23)24-28-19-8-4-5-9-20(19)29-24/h2-14H,1H3,(H,26,27)(H,28,29). The minimum Gasteiger partial charge on any atom is -0.497 e. The summed E-state index contributed by atoms with van der Waals surface area (Å²) < 4.78 is 11.4. The number of ether oxygens (including phenoxy) is 1. The maximum atomic E-state index is 12.6. The van der Waals surface area contributed by atoms with Crippen LogP contribution in [0.5, 0.6) is 5.75 Å². The van der Waals surface area contributed by atoms with Crippen LogP contribution in [0.3, 0.4) is 0 Å². The van der Waals surface area contributed by atoms with E-state index >= 15 is 0 Å². The summed E-state index contributed by atoms with van der Waals surface area (Å²) in [7, 11) is 1.60. The number of benzene rings is 3. The van der Waals surface area contributed by atoms with E-state index in [4.69, 9.17) is 9.15 Å². The highest BCUT2D eigenvalue weighted by molar-refractivity contribution is 5.83. The van der Waals surface area contributed by atoms with Crippen molar-refractivity contribution in [3.63, 3.8) is 0 Å². The Kier molecular flexibility index (Phi) is 4.58. The predicted octanol–water partition coefficient (Wildman–Crippen LogP) is 4.93. The number of methoxy groups -OCH3 is 1. The SMILES string of the molecule is COc1ccc(-c2cc(=O)nc(N(c3nc4ccccc4[nH]3)c3nc4ccccc4[nH]3)o2)cc1. The van der Waals surface area contributed by atoms with E-state index < -0.39 is 5.56 Å². The minimum atomic E-state index is -0.454. The minimum absolute atomic E-state index is 0.0245. The van der Waals surface area contributed by atoms with E-state index in [9.17, 15) is 4.79 Å². The number of imidazole rings is 2. The second-order valence-corrected chi connectivity index (χ2v) is 7.56. The number of aromatic amines is 2. The molecule has 0 saturated carbocycles. The van der Waals surface area contributed by atoms with Gasteiger partial charge in [0.15, 0.2) is 0 Å². The molecule has 0 aliphatic heterocycles. The summed E-state index contributed by atoms with van der Waals surface area (Å²) in [4.78, 5) is 34.2. The van der Waals surface area contributed by atoms with Gasteiger partial charge in [-0.3, -0.25) is 4.79 Å². The molecule has 34 heavy (non-hydrogen) atoms. The number of fused-ring (bicyclic) bond motifs is 2. The highest BCUT2D eigenvalue weighted by Crippen LogP contribution is 2.33. The first kappa shape index (κ1) is 19.7. The molecule has 0 bridgehead atoms. The lowest BCUT2D eigenvalue weighted by atomic mass is 10.1. The fourth-order valence-corrected chi connectivity index (χ4v) is 3.75. The zero-order chi connectivity index (χ0) is 23.1. The molecule has 166 valence electrons. The normalized spacial score (nSPS) is 11.2. The monoisotopic (exact) mass is 450 g/mol. The molecule has 9 heteroatoms. The Hall–Kier alpha value is -4.92. The van der Waals surface area contributed by atoms with E-state index in [-0.39, 0.29) is 6.01 Å². The molecule has 0 spiro atoms. The number of rotatable bonds is 5. The summed E-state index contributed by atoms with van der Waals surface area (Å²) in [5.41, 5.74) is 3.42. The zero-order valence-corrected chi connectivity index (χ0v) is 18.0. The van der Waals surface area contributed by atoms with Gasteiger partial charge in [-0.1, -0.05) is 24.3 Å². The molecule has 6 rings (SSSR count). The number of aromatic nitrogens is 5. The molecule has 3 aromatic carbocycles. The first-order chi connectivity index (χ1) is 16.7. The van der Waals surface area contributed by atoms with E-state index in [1.807, 2.05) is 60.7 Å². The van der Waals surface area contributed by atoms with Gasteiger partial charge in [0.1, 0.15) is 11.5 Å². The molecule has 9 nitrogen and oxygen atoms in total. The van der Waals surface area contributed by atoms with E-state index in [0.29, 0.717) is 29.0 Å². The second-order valence-electron chi connectivity index (χ2n) is 7.56. The first-order valence-electron chi connectivity index (χ1n) is 10.5. The molecule has 0 fully saturated rings. The summed E-state index contributed by atoms with van der Waals surface area (Å²) in [6, 6.07) is 23.8. The smallest absolute Gasteiger partial charge is 0.315 e. The number of para-hydroxylation sites is 4. The van der Waals surface area contributed by atoms with E-state index in [0.717, 1.165) is 22.1 Å². The van der Waals surface area contributed by atoms with Gasteiger partial charge in [0, 0.05) is 11.6 Å². The number of anilines is 3. The van der Waals surface area contributed by atoms with Crippen LogP contribution in [0.25, 0.3) is 33.4 Å². The molecule has 2 N–H and O–H groups in total. The molecule has 0 atom stereocenters. The van der Waals surface area contributed by atoms with Crippen molar-refractivity contribution in [2.24, 2.45) is 0 Å².